The first-order valence-corrected chi connectivity index (χ1v) is 9.00. The van der Waals surface area contributed by atoms with Gasteiger partial charge in [-0.05, 0) is 50.5 Å². The first kappa shape index (κ1) is 18.9. The van der Waals surface area contributed by atoms with Crippen LogP contribution in [0.25, 0.3) is 0 Å². The van der Waals surface area contributed by atoms with Crippen molar-refractivity contribution >= 4 is 11.8 Å². The van der Waals surface area contributed by atoms with Crippen LogP contribution < -0.4 is 0 Å². The topological polar surface area (TPSA) is 66.4 Å². The van der Waals surface area contributed by atoms with Gasteiger partial charge in [-0.3, -0.25) is 9.59 Å². The average Bonchev–Trinajstić information content (AvgIpc) is 2.67. The maximum absolute atomic E-state index is 13.2. The van der Waals surface area contributed by atoms with Gasteiger partial charge in [0, 0.05) is 32.4 Å². The van der Waals surface area contributed by atoms with Gasteiger partial charge in [0.25, 0.3) is 11.8 Å². The van der Waals surface area contributed by atoms with Crippen LogP contribution in [0.5, 0.6) is 0 Å². The van der Waals surface area contributed by atoms with Crippen molar-refractivity contribution in [2.45, 2.75) is 32.2 Å². The van der Waals surface area contributed by atoms with E-state index in [0.29, 0.717) is 29.2 Å². The predicted octanol–water partition coefficient (Wildman–Crippen LogP) is 2.99. The van der Waals surface area contributed by atoms with Crippen LogP contribution in [0.2, 0.25) is 0 Å². The highest BCUT2D eigenvalue weighted by atomic mass is 19.1. The van der Waals surface area contributed by atoms with Crippen molar-refractivity contribution in [3.05, 3.63) is 58.9 Å². The van der Waals surface area contributed by atoms with Gasteiger partial charge in [-0.25, -0.2) is 14.4 Å². The van der Waals surface area contributed by atoms with E-state index < -0.39 is 0 Å². The van der Waals surface area contributed by atoms with E-state index in [-0.39, 0.29) is 23.7 Å². The summed E-state index contributed by atoms with van der Waals surface area (Å²) in [4.78, 5) is 37.3. The molecule has 1 aromatic heterocycles. The number of carbonyl (C=O) groups excluding carboxylic acids is 2. The van der Waals surface area contributed by atoms with Crippen molar-refractivity contribution in [3.63, 3.8) is 0 Å². The molecule has 1 aliphatic rings. The SMILES string of the molecule is Cc1nc(C2CCCCN2C(=O)c2ccc(F)cc2)ncc1C(=O)N(C)C. The second kappa shape index (κ2) is 7.82. The van der Waals surface area contributed by atoms with Crippen molar-refractivity contribution in [1.82, 2.24) is 19.8 Å². The monoisotopic (exact) mass is 370 g/mol. The molecule has 1 atom stereocenters. The fourth-order valence-electron chi connectivity index (χ4n) is 3.30. The Morgan fingerprint density at radius 3 is 2.52 bits per heavy atom. The van der Waals surface area contributed by atoms with E-state index in [4.69, 9.17) is 0 Å². The van der Waals surface area contributed by atoms with Crippen molar-refractivity contribution in [1.29, 1.82) is 0 Å². The molecule has 27 heavy (non-hydrogen) atoms. The maximum atomic E-state index is 13.2. The number of benzene rings is 1. The van der Waals surface area contributed by atoms with Crippen LogP contribution in [-0.4, -0.2) is 52.2 Å². The number of halogens is 1. The molecule has 2 aromatic rings. The number of aryl methyl sites for hydroxylation is 1. The van der Waals surface area contributed by atoms with Gasteiger partial charge in [0.1, 0.15) is 5.82 Å². The summed E-state index contributed by atoms with van der Waals surface area (Å²) in [6, 6.07) is 5.31. The normalized spacial score (nSPS) is 16.9. The largest absolute Gasteiger partial charge is 0.345 e. The van der Waals surface area contributed by atoms with Gasteiger partial charge in [0.05, 0.1) is 17.3 Å². The van der Waals surface area contributed by atoms with Crippen molar-refractivity contribution in [2.75, 3.05) is 20.6 Å². The van der Waals surface area contributed by atoms with E-state index in [9.17, 15) is 14.0 Å². The van der Waals surface area contributed by atoms with Gasteiger partial charge in [0.2, 0.25) is 0 Å². The van der Waals surface area contributed by atoms with Crippen molar-refractivity contribution in [2.24, 2.45) is 0 Å². The molecule has 0 spiro atoms. The van der Waals surface area contributed by atoms with Gasteiger partial charge in [-0.15, -0.1) is 0 Å². The summed E-state index contributed by atoms with van der Waals surface area (Å²) < 4.78 is 13.2. The van der Waals surface area contributed by atoms with Crippen LogP contribution in [-0.2, 0) is 0 Å². The Hall–Kier alpha value is -2.83. The van der Waals surface area contributed by atoms with Crippen LogP contribution in [0.15, 0.2) is 30.5 Å². The number of rotatable bonds is 3. The number of hydrogen-bond donors (Lipinski definition) is 0. The second-order valence-corrected chi connectivity index (χ2v) is 6.94. The summed E-state index contributed by atoms with van der Waals surface area (Å²) in [6.45, 7) is 2.37. The number of hydrogen-bond acceptors (Lipinski definition) is 4. The van der Waals surface area contributed by atoms with Gasteiger partial charge >= 0.3 is 0 Å². The number of carbonyl (C=O) groups is 2. The standard InChI is InChI=1S/C20H23FN4O2/c1-13-16(20(27)24(2)3)12-22-18(23-13)17-6-4-5-11-25(17)19(26)14-7-9-15(21)10-8-14/h7-10,12,17H,4-6,11H2,1-3H3. The van der Waals surface area contributed by atoms with E-state index >= 15 is 0 Å². The van der Waals surface area contributed by atoms with E-state index in [1.807, 2.05) is 0 Å². The molecule has 0 aliphatic carbocycles. The first-order chi connectivity index (χ1) is 12.9. The summed E-state index contributed by atoms with van der Waals surface area (Å²) in [7, 11) is 3.36. The molecule has 0 N–H and O–H groups in total. The lowest BCUT2D eigenvalue weighted by atomic mass is 9.99. The third-order valence-corrected chi connectivity index (χ3v) is 4.79. The smallest absolute Gasteiger partial charge is 0.256 e. The zero-order valence-corrected chi connectivity index (χ0v) is 15.8. The van der Waals surface area contributed by atoms with Crippen molar-refractivity contribution < 1.29 is 14.0 Å². The molecule has 1 aliphatic heterocycles. The number of amides is 2. The Morgan fingerprint density at radius 1 is 1.19 bits per heavy atom. The van der Waals surface area contributed by atoms with E-state index in [0.717, 1.165) is 19.3 Å². The van der Waals surface area contributed by atoms with Crippen LogP contribution >= 0.6 is 0 Å². The highest BCUT2D eigenvalue weighted by molar-refractivity contribution is 5.95. The minimum absolute atomic E-state index is 0.151. The molecule has 0 bridgehead atoms. The van der Waals surface area contributed by atoms with E-state index in [1.165, 1.54) is 35.4 Å². The molecule has 2 amide bonds. The molecule has 6 nitrogen and oxygen atoms in total. The predicted molar refractivity (Wildman–Crippen MR) is 98.8 cm³/mol. The molecule has 1 fully saturated rings. The highest BCUT2D eigenvalue weighted by Gasteiger charge is 2.31. The molecule has 2 heterocycles. The Morgan fingerprint density at radius 2 is 1.89 bits per heavy atom. The first-order valence-electron chi connectivity index (χ1n) is 9.00. The lowest BCUT2D eigenvalue weighted by Gasteiger charge is -2.35. The summed E-state index contributed by atoms with van der Waals surface area (Å²) in [6.07, 6.45) is 4.17. The van der Waals surface area contributed by atoms with Gasteiger partial charge in [-0.2, -0.15) is 0 Å². The van der Waals surface area contributed by atoms with E-state index in [2.05, 4.69) is 9.97 Å². The fraction of sp³-hybridized carbons (Fsp3) is 0.400. The summed E-state index contributed by atoms with van der Waals surface area (Å²) >= 11 is 0. The van der Waals surface area contributed by atoms with Crippen molar-refractivity contribution in [3.8, 4) is 0 Å². The Bertz CT molecular complexity index is 852. The lowest BCUT2D eigenvalue weighted by molar-refractivity contribution is 0.0598. The minimum Gasteiger partial charge on any atom is -0.345 e. The third-order valence-electron chi connectivity index (χ3n) is 4.79. The quantitative estimate of drug-likeness (QED) is 0.833. The Labute approximate surface area is 158 Å². The van der Waals surface area contributed by atoms with Crippen LogP contribution in [0.4, 0.5) is 4.39 Å². The van der Waals surface area contributed by atoms with Crippen LogP contribution in [0.1, 0.15) is 57.5 Å². The number of nitrogens with zero attached hydrogens (tertiary/aromatic N) is 4. The third kappa shape index (κ3) is 3.97. The van der Waals surface area contributed by atoms with Crippen LogP contribution in [0, 0.1) is 12.7 Å². The molecule has 1 saturated heterocycles. The minimum atomic E-state index is -0.373. The second-order valence-electron chi connectivity index (χ2n) is 6.94. The number of likely N-dealkylation sites (tertiary alicyclic amines) is 1. The summed E-state index contributed by atoms with van der Waals surface area (Å²) in [5.41, 5.74) is 1.49. The molecule has 0 radical (unpaired) electrons. The number of piperidine rings is 1. The molecule has 3 rings (SSSR count). The fourth-order valence-corrected chi connectivity index (χ4v) is 3.30. The van der Waals surface area contributed by atoms with E-state index in [1.54, 1.807) is 25.9 Å². The number of aromatic nitrogens is 2. The maximum Gasteiger partial charge on any atom is 0.256 e. The molecular formula is C20H23FN4O2. The molecule has 142 valence electrons. The molecule has 0 saturated carbocycles. The zero-order valence-electron chi connectivity index (χ0n) is 15.8. The summed E-state index contributed by atoms with van der Waals surface area (Å²) in [5, 5.41) is 0. The molecular weight excluding hydrogens is 347 g/mol. The van der Waals surface area contributed by atoms with Crippen LogP contribution in [0.3, 0.4) is 0 Å². The zero-order chi connectivity index (χ0) is 19.6. The lowest BCUT2D eigenvalue weighted by Crippen LogP contribution is -2.39. The molecule has 7 heteroatoms. The summed E-state index contributed by atoms with van der Waals surface area (Å²) in [5.74, 6) is -0.142. The van der Waals surface area contributed by atoms with Gasteiger partial charge < -0.3 is 9.80 Å². The van der Waals surface area contributed by atoms with Gasteiger partial charge in [0.15, 0.2) is 5.82 Å². The Kier molecular flexibility index (Phi) is 5.48. The molecule has 1 aromatic carbocycles. The van der Waals surface area contributed by atoms with Gasteiger partial charge in [-0.1, -0.05) is 0 Å². The Balaban J connectivity index is 1.89. The average molecular weight is 370 g/mol. The molecule has 1 unspecified atom stereocenters. The highest BCUT2D eigenvalue weighted by Crippen LogP contribution is 2.30.